The summed E-state index contributed by atoms with van der Waals surface area (Å²) in [7, 11) is 4.83. The molecule has 0 bridgehead atoms. The van der Waals surface area contributed by atoms with Gasteiger partial charge in [-0.15, -0.1) is 0 Å². The molecule has 214 valence electrons. The number of carbonyl (C=O) groups excluding carboxylic acids is 2. The first-order chi connectivity index (χ1) is 20.0. The predicted octanol–water partition coefficient (Wildman–Crippen LogP) is 7.19. The molecule has 1 N–H and O–H groups in total. The molecule has 0 fully saturated rings. The molecule has 0 saturated heterocycles. The van der Waals surface area contributed by atoms with E-state index in [-0.39, 0.29) is 17.6 Å². The number of carbonyl (C=O) groups is 2. The van der Waals surface area contributed by atoms with Crippen LogP contribution >= 0.6 is 0 Å². The van der Waals surface area contributed by atoms with E-state index in [4.69, 9.17) is 14.2 Å². The summed E-state index contributed by atoms with van der Waals surface area (Å²) in [5.74, 6) is 1.95. The SMILES string of the molecule is CCCCCC(=O)N1c2ccccc2NC2=C(C(=O)C[C@@H](c3ccc(OC)cc3)C2)[C@H]1c1ccc(OC)c(OC)c1. The molecule has 1 aliphatic heterocycles. The molecule has 7 nitrogen and oxygen atoms in total. The number of ether oxygens (including phenoxy) is 3. The summed E-state index contributed by atoms with van der Waals surface area (Å²) in [6.07, 6.45) is 4.17. The van der Waals surface area contributed by atoms with Crippen molar-refractivity contribution in [3.8, 4) is 17.2 Å². The van der Waals surface area contributed by atoms with E-state index in [9.17, 15) is 9.59 Å². The van der Waals surface area contributed by atoms with Gasteiger partial charge < -0.3 is 19.5 Å². The zero-order valence-corrected chi connectivity index (χ0v) is 24.2. The molecule has 0 aromatic heterocycles. The molecule has 2 aliphatic rings. The van der Waals surface area contributed by atoms with Crippen molar-refractivity contribution in [3.05, 3.63) is 89.1 Å². The van der Waals surface area contributed by atoms with Crippen molar-refractivity contribution in [1.29, 1.82) is 0 Å². The number of Topliss-reactive ketones (excluding diaryl/α,β-unsaturated/α-hetero) is 1. The highest BCUT2D eigenvalue weighted by Crippen LogP contribution is 2.48. The van der Waals surface area contributed by atoms with E-state index in [0.717, 1.165) is 53.2 Å². The minimum Gasteiger partial charge on any atom is -0.497 e. The molecule has 2 atom stereocenters. The molecule has 0 saturated carbocycles. The number of nitrogens with zero attached hydrogens (tertiary/aromatic N) is 1. The number of hydrogen-bond donors (Lipinski definition) is 1. The molecular weight excluding hydrogens is 516 g/mol. The average Bonchev–Trinajstić information content (AvgIpc) is 3.15. The third kappa shape index (κ3) is 5.67. The Morgan fingerprint density at radius 3 is 2.32 bits per heavy atom. The molecule has 7 heteroatoms. The van der Waals surface area contributed by atoms with E-state index in [1.165, 1.54) is 0 Å². The zero-order chi connectivity index (χ0) is 28.9. The molecule has 3 aromatic carbocycles. The van der Waals surface area contributed by atoms with Gasteiger partial charge in [0.15, 0.2) is 17.3 Å². The van der Waals surface area contributed by atoms with Gasteiger partial charge >= 0.3 is 0 Å². The lowest BCUT2D eigenvalue weighted by molar-refractivity contribution is -0.119. The first-order valence-electron chi connectivity index (χ1n) is 14.3. The van der Waals surface area contributed by atoms with E-state index in [2.05, 4.69) is 12.2 Å². The second kappa shape index (κ2) is 12.5. The van der Waals surface area contributed by atoms with E-state index in [0.29, 0.717) is 36.3 Å². The summed E-state index contributed by atoms with van der Waals surface area (Å²) < 4.78 is 16.5. The Morgan fingerprint density at radius 1 is 0.878 bits per heavy atom. The number of anilines is 2. The van der Waals surface area contributed by atoms with Crippen LogP contribution in [0.3, 0.4) is 0 Å². The van der Waals surface area contributed by atoms with Gasteiger partial charge in [-0.2, -0.15) is 0 Å². The van der Waals surface area contributed by atoms with Crippen LogP contribution in [-0.4, -0.2) is 33.0 Å². The van der Waals surface area contributed by atoms with Gasteiger partial charge in [-0.3, -0.25) is 14.5 Å². The molecule has 0 spiro atoms. The van der Waals surface area contributed by atoms with Crippen molar-refractivity contribution < 1.29 is 23.8 Å². The van der Waals surface area contributed by atoms with Crippen LogP contribution in [0.5, 0.6) is 17.2 Å². The maximum Gasteiger partial charge on any atom is 0.227 e. The van der Waals surface area contributed by atoms with Crippen molar-refractivity contribution in [2.24, 2.45) is 0 Å². The van der Waals surface area contributed by atoms with Crippen LogP contribution in [0.25, 0.3) is 0 Å². The van der Waals surface area contributed by atoms with Gasteiger partial charge in [-0.1, -0.05) is 50.1 Å². The Bertz CT molecular complexity index is 1450. The Kier molecular flexibility index (Phi) is 8.62. The van der Waals surface area contributed by atoms with Crippen LogP contribution in [-0.2, 0) is 9.59 Å². The molecule has 1 heterocycles. The lowest BCUT2D eigenvalue weighted by Gasteiger charge is -2.35. The number of nitrogens with one attached hydrogen (secondary N) is 1. The van der Waals surface area contributed by atoms with Crippen molar-refractivity contribution >= 4 is 23.1 Å². The van der Waals surface area contributed by atoms with E-state index >= 15 is 0 Å². The van der Waals surface area contributed by atoms with Crippen LogP contribution in [0, 0.1) is 0 Å². The van der Waals surface area contributed by atoms with Crippen LogP contribution in [0.15, 0.2) is 78.0 Å². The normalized spacial score (nSPS) is 18.1. The molecule has 5 rings (SSSR count). The minimum absolute atomic E-state index is 0.00433. The lowest BCUT2D eigenvalue weighted by atomic mass is 9.78. The van der Waals surface area contributed by atoms with Crippen LogP contribution < -0.4 is 24.4 Å². The quantitative estimate of drug-likeness (QED) is 0.282. The van der Waals surface area contributed by atoms with E-state index in [1.54, 1.807) is 21.3 Å². The molecule has 1 amide bonds. The highest BCUT2D eigenvalue weighted by molar-refractivity contribution is 6.06. The number of amides is 1. The van der Waals surface area contributed by atoms with Gasteiger partial charge in [0.25, 0.3) is 0 Å². The van der Waals surface area contributed by atoms with Gasteiger partial charge in [0.05, 0.1) is 38.7 Å². The number of hydrogen-bond acceptors (Lipinski definition) is 6. The average molecular weight is 555 g/mol. The number of fused-ring (bicyclic) bond motifs is 1. The smallest absolute Gasteiger partial charge is 0.227 e. The summed E-state index contributed by atoms with van der Waals surface area (Å²) in [6.45, 7) is 2.12. The zero-order valence-electron chi connectivity index (χ0n) is 24.2. The minimum atomic E-state index is -0.612. The summed E-state index contributed by atoms with van der Waals surface area (Å²) in [5.41, 5.74) is 4.93. The van der Waals surface area contributed by atoms with Crippen LogP contribution in [0.2, 0.25) is 0 Å². The van der Waals surface area contributed by atoms with Crippen molar-refractivity contribution in [1.82, 2.24) is 0 Å². The topological polar surface area (TPSA) is 77.1 Å². The summed E-state index contributed by atoms with van der Waals surface area (Å²) in [4.78, 5) is 30.1. The summed E-state index contributed by atoms with van der Waals surface area (Å²) in [5, 5.41) is 3.60. The third-order valence-corrected chi connectivity index (χ3v) is 8.06. The van der Waals surface area contributed by atoms with Gasteiger partial charge in [0.2, 0.25) is 5.91 Å². The lowest BCUT2D eigenvalue weighted by Crippen LogP contribution is -2.38. The molecule has 3 aromatic rings. The number of allylic oxidation sites excluding steroid dienone is 1. The maximum absolute atomic E-state index is 14.2. The maximum atomic E-state index is 14.2. The summed E-state index contributed by atoms with van der Waals surface area (Å²) >= 11 is 0. The number of methoxy groups -OCH3 is 3. The first-order valence-corrected chi connectivity index (χ1v) is 14.3. The van der Waals surface area contributed by atoms with Crippen LogP contribution in [0.4, 0.5) is 11.4 Å². The fourth-order valence-electron chi connectivity index (χ4n) is 5.96. The highest BCUT2D eigenvalue weighted by Gasteiger charge is 2.41. The standard InChI is InChI=1S/C34H38N2O5/c1-5-6-7-12-32(38)36-28-11-9-8-10-26(28)35-27-19-24(22-13-16-25(39-2)17-14-22)20-29(37)33(27)34(36)23-15-18-30(40-3)31(21-23)41-4/h8-11,13-18,21,24,34-35H,5-7,12,19-20H2,1-4H3/t24-,34+/m0/s1. The second-order valence-corrected chi connectivity index (χ2v) is 10.6. The van der Waals surface area contributed by atoms with Gasteiger partial charge in [0.1, 0.15) is 5.75 Å². The first kappa shape index (κ1) is 28.3. The fraction of sp³-hybridized carbons (Fsp3) is 0.353. The summed E-state index contributed by atoms with van der Waals surface area (Å²) in [6, 6.07) is 20.8. The van der Waals surface area contributed by atoms with Gasteiger partial charge in [-0.25, -0.2) is 0 Å². The predicted molar refractivity (Wildman–Crippen MR) is 161 cm³/mol. The van der Waals surface area contributed by atoms with Crippen molar-refractivity contribution in [2.75, 3.05) is 31.5 Å². The van der Waals surface area contributed by atoms with Crippen LogP contribution in [0.1, 0.15) is 68.5 Å². The number of benzene rings is 3. The molecule has 41 heavy (non-hydrogen) atoms. The molecule has 0 radical (unpaired) electrons. The fourth-order valence-corrected chi connectivity index (χ4v) is 5.96. The molecular formula is C34H38N2O5. The van der Waals surface area contributed by atoms with Gasteiger partial charge in [-0.05, 0) is 66.3 Å². The number of para-hydroxylation sites is 2. The largest absolute Gasteiger partial charge is 0.497 e. The number of ketones is 1. The third-order valence-electron chi connectivity index (χ3n) is 8.06. The highest BCUT2D eigenvalue weighted by atomic mass is 16.5. The van der Waals surface area contributed by atoms with Gasteiger partial charge in [0, 0.05) is 24.1 Å². The van der Waals surface area contributed by atoms with E-state index < -0.39 is 6.04 Å². The molecule has 1 aliphatic carbocycles. The van der Waals surface area contributed by atoms with Crippen molar-refractivity contribution in [3.63, 3.8) is 0 Å². The Balaban J connectivity index is 1.67. The number of rotatable bonds is 9. The number of unbranched alkanes of at least 4 members (excludes halogenated alkanes) is 2. The second-order valence-electron chi connectivity index (χ2n) is 10.6. The monoisotopic (exact) mass is 554 g/mol. The van der Waals surface area contributed by atoms with Crippen molar-refractivity contribution in [2.45, 2.75) is 57.4 Å². The Hall–Kier alpha value is -4.26. The Labute approximate surface area is 242 Å². The van der Waals surface area contributed by atoms with E-state index in [1.807, 2.05) is 71.6 Å². The molecule has 0 unspecified atom stereocenters. The Morgan fingerprint density at radius 2 is 1.61 bits per heavy atom.